The van der Waals surface area contributed by atoms with E-state index in [1.165, 1.54) is 45.1 Å². The van der Waals surface area contributed by atoms with E-state index in [1.807, 2.05) is 0 Å². The maximum Gasteiger partial charge on any atom is 0.0579 e. The molecule has 0 aromatic rings. The number of hydrogen-bond donors (Lipinski definition) is 1. The van der Waals surface area contributed by atoms with Gasteiger partial charge in [-0.2, -0.15) is 0 Å². The number of unbranched alkanes of at least 4 members (excludes halogenated alkanes) is 1. The molecule has 0 spiro atoms. The van der Waals surface area contributed by atoms with Gasteiger partial charge in [0.2, 0.25) is 0 Å². The fraction of sp³-hybridized carbons (Fsp3) is 1.00. The molecule has 2 nitrogen and oxygen atoms in total. The Balaban J connectivity index is 1.84. The third kappa shape index (κ3) is 4.97. The summed E-state index contributed by atoms with van der Waals surface area (Å²) in [6.45, 7) is 6.73. The standard InChI is InChI=1S/C12H25NO/c1-3-9-13-10-5-4-6-12-8-7-11(2)14-12/h11-13H,3-10H2,1-2H3. The minimum atomic E-state index is 0.512. The largest absolute Gasteiger partial charge is 0.375 e. The first-order valence-corrected chi connectivity index (χ1v) is 6.19. The quantitative estimate of drug-likeness (QED) is 0.637. The van der Waals surface area contributed by atoms with Gasteiger partial charge in [-0.3, -0.25) is 0 Å². The lowest BCUT2D eigenvalue weighted by Crippen LogP contribution is -2.16. The van der Waals surface area contributed by atoms with E-state index in [4.69, 9.17) is 4.74 Å². The van der Waals surface area contributed by atoms with Crippen LogP contribution in [0.25, 0.3) is 0 Å². The lowest BCUT2D eigenvalue weighted by molar-refractivity contribution is 0.0496. The van der Waals surface area contributed by atoms with Crippen molar-refractivity contribution in [2.75, 3.05) is 13.1 Å². The Bertz CT molecular complexity index is 138. The fourth-order valence-corrected chi connectivity index (χ4v) is 2.02. The van der Waals surface area contributed by atoms with Crippen LogP contribution < -0.4 is 5.32 Å². The summed E-state index contributed by atoms with van der Waals surface area (Å²) in [5, 5.41) is 3.43. The molecule has 2 heteroatoms. The molecular weight excluding hydrogens is 174 g/mol. The van der Waals surface area contributed by atoms with Gasteiger partial charge in [0.1, 0.15) is 0 Å². The summed E-state index contributed by atoms with van der Waals surface area (Å²) in [6, 6.07) is 0. The van der Waals surface area contributed by atoms with Crippen LogP contribution in [-0.2, 0) is 4.74 Å². The van der Waals surface area contributed by atoms with Crippen molar-refractivity contribution < 1.29 is 4.74 Å². The number of hydrogen-bond acceptors (Lipinski definition) is 2. The molecule has 0 radical (unpaired) electrons. The molecule has 1 fully saturated rings. The molecule has 0 aliphatic carbocycles. The molecule has 14 heavy (non-hydrogen) atoms. The van der Waals surface area contributed by atoms with E-state index in [0.717, 1.165) is 6.54 Å². The molecule has 84 valence electrons. The van der Waals surface area contributed by atoms with Crippen LogP contribution in [-0.4, -0.2) is 25.3 Å². The first-order chi connectivity index (χ1) is 6.83. The minimum absolute atomic E-state index is 0.512. The van der Waals surface area contributed by atoms with E-state index in [1.54, 1.807) is 0 Å². The molecule has 1 saturated heterocycles. The van der Waals surface area contributed by atoms with Crippen molar-refractivity contribution in [1.29, 1.82) is 0 Å². The normalized spacial score (nSPS) is 27.0. The second-order valence-corrected chi connectivity index (χ2v) is 4.39. The van der Waals surface area contributed by atoms with Crippen LogP contribution in [0.1, 0.15) is 52.4 Å². The van der Waals surface area contributed by atoms with Gasteiger partial charge in [0.05, 0.1) is 12.2 Å². The molecule has 1 aliphatic rings. The predicted octanol–water partition coefficient (Wildman–Crippen LogP) is 2.72. The molecule has 2 atom stereocenters. The molecular formula is C12H25NO. The molecule has 0 bridgehead atoms. The average Bonchev–Trinajstić information content (AvgIpc) is 2.58. The third-order valence-electron chi connectivity index (χ3n) is 2.88. The lowest BCUT2D eigenvalue weighted by Gasteiger charge is -2.10. The van der Waals surface area contributed by atoms with Gasteiger partial charge in [-0.15, -0.1) is 0 Å². The smallest absolute Gasteiger partial charge is 0.0579 e. The van der Waals surface area contributed by atoms with Crippen molar-refractivity contribution in [3.8, 4) is 0 Å². The van der Waals surface area contributed by atoms with E-state index >= 15 is 0 Å². The monoisotopic (exact) mass is 199 g/mol. The molecule has 1 heterocycles. The van der Waals surface area contributed by atoms with E-state index in [-0.39, 0.29) is 0 Å². The van der Waals surface area contributed by atoms with Gasteiger partial charge in [0.25, 0.3) is 0 Å². The Labute approximate surface area is 88.4 Å². The lowest BCUT2D eigenvalue weighted by atomic mass is 10.1. The topological polar surface area (TPSA) is 21.3 Å². The molecule has 2 unspecified atom stereocenters. The molecule has 0 amide bonds. The first-order valence-electron chi connectivity index (χ1n) is 6.19. The fourth-order valence-electron chi connectivity index (χ4n) is 2.02. The van der Waals surface area contributed by atoms with Crippen LogP contribution in [0.2, 0.25) is 0 Å². The molecule has 1 N–H and O–H groups in total. The van der Waals surface area contributed by atoms with Gasteiger partial charge in [0, 0.05) is 0 Å². The van der Waals surface area contributed by atoms with Crippen molar-refractivity contribution in [2.45, 2.75) is 64.6 Å². The van der Waals surface area contributed by atoms with Crippen molar-refractivity contribution >= 4 is 0 Å². The zero-order chi connectivity index (χ0) is 10.2. The molecule has 0 saturated carbocycles. The summed E-state index contributed by atoms with van der Waals surface area (Å²) in [5.41, 5.74) is 0. The van der Waals surface area contributed by atoms with Gasteiger partial charge in [0.15, 0.2) is 0 Å². The van der Waals surface area contributed by atoms with Crippen LogP contribution >= 0.6 is 0 Å². The highest BCUT2D eigenvalue weighted by atomic mass is 16.5. The Morgan fingerprint density at radius 3 is 2.71 bits per heavy atom. The summed E-state index contributed by atoms with van der Waals surface area (Å²) < 4.78 is 5.77. The maximum atomic E-state index is 5.77. The Morgan fingerprint density at radius 2 is 2.07 bits per heavy atom. The summed E-state index contributed by atoms with van der Waals surface area (Å²) in [6.07, 6.45) is 8.74. The summed E-state index contributed by atoms with van der Waals surface area (Å²) in [5.74, 6) is 0. The molecule has 1 aliphatic heterocycles. The zero-order valence-corrected chi connectivity index (χ0v) is 9.72. The second-order valence-electron chi connectivity index (χ2n) is 4.39. The Morgan fingerprint density at radius 1 is 1.21 bits per heavy atom. The number of ether oxygens (including phenoxy) is 1. The van der Waals surface area contributed by atoms with Gasteiger partial charge in [-0.05, 0) is 58.5 Å². The van der Waals surface area contributed by atoms with Crippen LogP contribution in [0.15, 0.2) is 0 Å². The zero-order valence-electron chi connectivity index (χ0n) is 9.72. The van der Waals surface area contributed by atoms with Gasteiger partial charge < -0.3 is 10.1 Å². The van der Waals surface area contributed by atoms with Crippen molar-refractivity contribution in [3.05, 3.63) is 0 Å². The van der Waals surface area contributed by atoms with Gasteiger partial charge in [-0.1, -0.05) is 6.92 Å². The summed E-state index contributed by atoms with van der Waals surface area (Å²) >= 11 is 0. The summed E-state index contributed by atoms with van der Waals surface area (Å²) in [7, 11) is 0. The van der Waals surface area contributed by atoms with E-state index < -0.39 is 0 Å². The Kier molecular flexibility index (Phi) is 6.20. The van der Waals surface area contributed by atoms with Gasteiger partial charge >= 0.3 is 0 Å². The highest BCUT2D eigenvalue weighted by Gasteiger charge is 2.20. The van der Waals surface area contributed by atoms with Crippen molar-refractivity contribution in [1.82, 2.24) is 5.32 Å². The van der Waals surface area contributed by atoms with Crippen molar-refractivity contribution in [3.63, 3.8) is 0 Å². The van der Waals surface area contributed by atoms with E-state index in [0.29, 0.717) is 12.2 Å². The molecule has 1 rings (SSSR count). The first kappa shape index (κ1) is 12.0. The second kappa shape index (κ2) is 7.24. The highest BCUT2D eigenvalue weighted by Crippen LogP contribution is 2.22. The summed E-state index contributed by atoms with van der Waals surface area (Å²) in [4.78, 5) is 0. The van der Waals surface area contributed by atoms with Gasteiger partial charge in [-0.25, -0.2) is 0 Å². The Hall–Kier alpha value is -0.0800. The molecule has 0 aromatic carbocycles. The maximum absolute atomic E-state index is 5.77. The van der Waals surface area contributed by atoms with Crippen molar-refractivity contribution in [2.24, 2.45) is 0 Å². The van der Waals surface area contributed by atoms with Crippen LogP contribution in [0.5, 0.6) is 0 Å². The minimum Gasteiger partial charge on any atom is -0.375 e. The average molecular weight is 199 g/mol. The van der Waals surface area contributed by atoms with Crippen LogP contribution in [0.3, 0.4) is 0 Å². The number of nitrogens with one attached hydrogen (secondary N) is 1. The van der Waals surface area contributed by atoms with E-state index in [2.05, 4.69) is 19.2 Å². The predicted molar refractivity (Wildman–Crippen MR) is 60.6 cm³/mol. The number of rotatable bonds is 7. The third-order valence-corrected chi connectivity index (χ3v) is 2.88. The van der Waals surface area contributed by atoms with Crippen LogP contribution in [0.4, 0.5) is 0 Å². The SMILES string of the molecule is CCCNCCCCC1CCC(C)O1. The van der Waals surface area contributed by atoms with E-state index in [9.17, 15) is 0 Å². The highest BCUT2D eigenvalue weighted by molar-refractivity contribution is 4.70. The molecule has 0 aromatic heterocycles. The van der Waals surface area contributed by atoms with Crippen LogP contribution in [0, 0.1) is 0 Å².